The van der Waals surface area contributed by atoms with Gasteiger partial charge in [0.25, 0.3) is 11.5 Å². The van der Waals surface area contributed by atoms with Crippen LogP contribution in [0.5, 0.6) is 0 Å². The molecule has 0 aliphatic carbocycles. The van der Waals surface area contributed by atoms with E-state index in [-0.39, 0.29) is 18.0 Å². The van der Waals surface area contributed by atoms with Crippen molar-refractivity contribution in [1.82, 2.24) is 15.1 Å². The van der Waals surface area contributed by atoms with E-state index < -0.39 is 0 Å². The van der Waals surface area contributed by atoms with E-state index in [0.29, 0.717) is 29.8 Å². The van der Waals surface area contributed by atoms with Gasteiger partial charge in [-0.05, 0) is 40.8 Å². The monoisotopic (exact) mass is 463 g/mol. The molecule has 3 rings (SSSR count). The van der Waals surface area contributed by atoms with Crippen molar-refractivity contribution >= 4 is 39.3 Å². The average molecular weight is 463 g/mol. The number of nitrogens with zero attached hydrogens (tertiary/aromatic N) is 2. The summed E-state index contributed by atoms with van der Waals surface area (Å²) in [4.78, 5) is 25.0. The summed E-state index contributed by atoms with van der Waals surface area (Å²) in [6.07, 6.45) is 0. The first-order valence-corrected chi connectivity index (χ1v) is 9.20. The fourth-order valence-electron chi connectivity index (χ4n) is 2.67. The summed E-state index contributed by atoms with van der Waals surface area (Å²) in [6.45, 7) is 0.981. The van der Waals surface area contributed by atoms with Gasteiger partial charge in [0.05, 0.1) is 36.3 Å². The Bertz CT molecular complexity index is 1000. The molecule has 0 saturated heterocycles. The van der Waals surface area contributed by atoms with E-state index in [9.17, 15) is 9.59 Å². The summed E-state index contributed by atoms with van der Waals surface area (Å²) in [5, 5.41) is 8.66. The van der Waals surface area contributed by atoms with Gasteiger partial charge in [0.15, 0.2) is 0 Å². The summed E-state index contributed by atoms with van der Waals surface area (Å²) in [7, 11) is 1.58. The maximum Gasteiger partial charge on any atom is 0.274 e. The van der Waals surface area contributed by atoms with Crippen LogP contribution in [0.15, 0.2) is 53.3 Å². The predicted octanol–water partition coefficient (Wildman–Crippen LogP) is 2.58. The largest absolute Gasteiger partial charge is 0.383 e. The number of ether oxygens (including phenoxy) is 1. The lowest BCUT2D eigenvalue weighted by Crippen LogP contribution is -2.29. The number of aromatic nitrogens is 2. The van der Waals surface area contributed by atoms with Gasteiger partial charge in [-0.2, -0.15) is 5.10 Å². The standard InChI is InChI=1S/C19H18IN3O3/c1-26-11-10-23-19(25)14-7-3-2-6-13(14)17(22-23)12-21-18(24)15-8-4-5-9-16(15)20/h2-9H,10-12H2,1H3,(H,21,24). The minimum absolute atomic E-state index is 0.162. The van der Waals surface area contributed by atoms with Gasteiger partial charge < -0.3 is 10.1 Å². The van der Waals surface area contributed by atoms with Crippen LogP contribution >= 0.6 is 22.6 Å². The minimum atomic E-state index is -0.171. The first-order valence-electron chi connectivity index (χ1n) is 8.12. The molecule has 134 valence electrons. The molecule has 1 aromatic heterocycles. The van der Waals surface area contributed by atoms with E-state index >= 15 is 0 Å². The van der Waals surface area contributed by atoms with Crippen molar-refractivity contribution < 1.29 is 9.53 Å². The lowest BCUT2D eigenvalue weighted by molar-refractivity contribution is 0.0949. The summed E-state index contributed by atoms with van der Waals surface area (Å²) >= 11 is 2.13. The highest BCUT2D eigenvalue weighted by molar-refractivity contribution is 14.1. The molecule has 6 nitrogen and oxygen atoms in total. The summed E-state index contributed by atoms with van der Waals surface area (Å²) in [5.41, 5.74) is 1.10. The number of carbonyl (C=O) groups excluding carboxylic acids is 1. The van der Waals surface area contributed by atoms with Crippen LogP contribution in [-0.2, 0) is 17.8 Å². The van der Waals surface area contributed by atoms with Gasteiger partial charge in [-0.3, -0.25) is 9.59 Å². The molecule has 0 atom stereocenters. The van der Waals surface area contributed by atoms with Crippen molar-refractivity contribution in [3.8, 4) is 0 Å². The second-order valence-corrected chi connectivity index (χ2v) is 6.84. The Morgan fingerprint density at radius 3 is 2.58 bits per heavy atom. The second-order valence-electron chi connectivity index (χ2n) is 5.68. The molecule has 1 amide bonds. The van der Waals surface area contributed by atoms with Gasteiger partial charge in [0, 0.05) is 16.1 Å². The van der Waals surface area contributed by atoms with Crippen LogP contribution in [0.2, 0.25) is 0 Å². The van der Waals surface area contributed by atoms with E-state index in [2.05, 4.69) is 33.0 Å². The van der Waals surface area contributed by atoms with E-state index in [4.69, 9.17) is 4.74 Å². The van der Waals surface area contributed by atoms with Crippen LogP contribution in [0, 0.1) is 3.57 Å². The highest BCUT2D eigenvalue weighted by Crippen LogP contribution is 2.14. The van der Waals surface area contributed by atoms with Gasteiger partial charge in [0.1, 0.15) is 0 Å². The number of rotatable bonds is 6. The predicted molar refractivity (Wildman–Crippen MR) is 108 cm³/mol. The SMILES string of the molecule is COCCn1nc(CNC(=O)c2ccccc2I)c2ccccc2c1=O. The van der Waals surface area contributed by atoms with Gasteiger partial charge in [-0.15, -0.1) is 0 Å². The Balaban J connectivity index is 1.91. The molecular formula is C19H18IN3O3. The number of carbonyl (C=O) groups is 1. The van der Waals surface area contributed by atoms with E-state index in [1.165, 1.54) is 4.68 Å². The zero-order chi connectivity index (χ0) is 18.5. The first kappa shape index (κ1) is 18.5. The number of hydrogen-bond acceptors (Lipinski definition) is 4. The van der Waals surface area contributed by atoms with Crippen LogP contribution in [0.4, 0.5) is 0 Å². The molecule has 1 N–H and O–H groups in total. The third-order valence-corrected chi connectivity index (χ3v) is 4.93. The number of fused-ring (bicyclic) bond motifs is 1. The van der Waals surface area contributed by atoms with Crippen molar-refractivity contribution in [2.45, 2.75) is 13.1 Å². The molecule has 0 unspecified atom stereocenters. The fraction of sp³-hybridized carbons (Fsp3) is 0.211. The third kappa shape index (κ3) is 3.94. The summed E-state index contributed by atoms with van der Waals surface area (Å²) in [5.74, 6) is -0.171. The average Bonchev–Trinajstić information content (AvgIpc) is 2.67. The Morgan fingerprint density at radius 1 is 1.15 bits per heavy atom. The van der Waals surface area contributed by atoms with Crippen LogP contribution in [0.3, 0.4) is 0 Å². The lowest BCUT2D eigenvalue weighted by Gasteiger charge is -2.12. The van der Waals surface area contributed by atoms with Crippen molar-refractivity contribution in [3.05, 3.63) is 73.7 Å². The van der Waals surface area contributed by atoms with Crippen molar-refractivity contribution in [2.24, 2.45) is 0 Å². The lowest BCUT2D eigenvalue weighted by atomic mass is 10.1. The van der Waals surface area contributed by atoms with Crippen LogP contribution in [-0.4, -0.2) is 29.4 Å². The molecule has 1 heterocycles. The van der Waals surface area contributed by atoms with E-state index in [1.54, 1.807) is 19.2 Å². The topological polar surface area (TPSA) is 73.2 Å². The van der Waals surface area contributed by atoms with Gasteiger partial charge in [0.2, 0.25) is 0 Å². The second kappa shape index (κ2) is 8.41. The van der Waals surface area contributed by atoms with Gasteiger partial charge in [-0.1, -0.05) is 30.3 Å². The zero-order valence-electron chi connectivity index (χ0n) is 14.2. The number of nitrogens with one attached hydrogen (secondary N) is 1. The molecule has 2 aromatic carbocycles. The zero-order valence-corrected chi connectivity index (χ0v) is 16.4. The normalized spacial score (nSPS) is 10.8. The molecular weight excluding hydrogens is 445 g/mol. The maximum absolute atomic E-state index is 12.5. The van der Waals surface area contributed by atoms with E-state index in [0.717, 1.165) is 8.96 Å². The van der Waals surface area contributed by atoms with Crippen molar-refractivity contribution in [3.63, 3.8) is 0 Å². The van der Waals surface area contributed by atoms with Crippen molar-refractivity contribution in [1.29, 1.82) is 0 Å². The highest BCUT2D eigenvalue weighted by Gasteiger charge is 2.13. The third-order valence-electron chi connectivity index (χ3n) is 3.99. The minimum Gasteiger partial charge on any atom is -0.383 e. The number of amides is 1. The smallest absolute Gasteiger partial charge is 0.274 e. The highest BCUT2D eigenvalue weighted by atomic mass is 127. The fourth-order valence-corrected chi connectivity index (χ4v) is 3.30. The Morgan fingerprint density at radius 2 is 1.85 bits per heavy atom. The number of hydrogen-bond donors (Lipinski definition) is 1. The summed E-state index contributed by atoms with van der Waals surface area (Å²) in [6, 6.07) is 14.7. The number of halogens is 1. The Hall–Kier alpha value is -2.26. The molecule has 0 radical (unpaired) electrons. The molecule has 0 aliphatic heterocycles. The van der Waals surface area contributed by atoms with Crippen LogP contribution in [0.25, 0.3) is 10.8 Å². The molecule has 26 heavy (non-hydrogen) atoms. The molecule has 0 aliphatic rings. The number of benzene rings is 2. The first-order chi connectivity index (χ1) is 12.6. The number of methoxy groups -OCH3 is 1. The van der Waals surface area contributed by atoms with Gasteiger partial charge >= 0.3 is 0 Å². The molecule has 0 fully saturated rings. The Labute approximate surface area is 164 Å². The molecule has 3 aromatic rings. The molecule has 7 heteroatoms. The van der Waals surface area contributed by atoms with Crippen LogP contribution in [0.1, 0.15) is 16.1 Å². The van der Waals surface area contributed by atoms with Crippen LogP contribution < -0.4 is 10.9 Å². The molecule has 0 saturated carbocycles. The Kier molecular flexibility index (Phi) is 6.00. The molecule has 0 spiro atoms. The van der Waals surface area contributed by atoms with Crippen molar-refractivity contribution in [2.75, 3.05) is 13.7 Å². The summed E-state index contributed by atoms with van der Waals surface area (Å²) < 4.78 is 7.32. The van der Waals surface area contributed by atoms with E-state index in [1.807, 2.05) is 36.4 Å². The maximum atomic E-state index is 12.5. The van der Waals surface area contributed by atoms with Gasteiger partial charge in [-0.25, -0.2) is 4.68 Å². The molecule has 0 bridgehead atoms. The quantitative estimate of drug-likeness (QED) is 0.571.